The first-order valence-corrected chi connectivity index (χ1v) is 7.31. The third kappa shape index (κ3) is 3.55. The van der Waals surface area contributed by atoms with Gasteiger partial charge in [0.1, 0.15) is 0 Å². The van der Waals surface area contributed by atoms with Crippen LogP contribution in [0.4, 0.5) is 0 Å². The lowest BCUT2D eigenvalue weighted by Gasteiger charge is -2.19. The molecule has 0 spiro atoms. The van der Waals surface area contributed by atoms with Crippen molar-refractivity contribution in [2.45, 2.75) is 11.8 Å². The van der Waals surface area contributed by atoms with Crippen molar-refractivity contribution in [3.63, 3.8) is 0 Å². The van der Waals surface area contributed by atoms with Crippen molar-refractivity contribution in [3.05, 3.63) is 29.8 Å². The fourth-order valence-corrected chi connectivity index (χ4v) is 2.93. The van der Waals surface area contributed by atoms with Crippen LogP contribution in [-0.2, 0) is 14.8 Å². The summed E-state index contributed by atoms with van der Waals surface area (Å²) in [5.74, 6) is -1.55. The zero-order chi connectivity index (χ0) is 15.3. The van der Waals surface area contributed by atoms with Gasteiger partial charge in [-0.05, 0) is 24.3 Å². The number of hydrogen-bond donors (Lipinski definition) is 2. The molecule has 1 rings (SSSR count). The summed E-state index contributed by atoms with van der Waals surface area (Å²) < 4.78 is 25.6. The van der Waals surface area contributed by atoms with Gasteiger partial charge in [0.15, 0.2) is 0 Å². The van der Waals surface area contributed by atoms with E-state index in [2.05, 4.69) is 5.32 Å². The van der Waals surface area contributed by atoms with E-state index in [-0.39, 0.29) is 23.5 Å². The molecular formula is C12H16N2O5S. The number of amides is 1. The third-order valence-electron chi connectivity index (χ3n) is 2.69. The summed E-state index contributed by atoms with van der Waals surface area (Å²) in [4.78, 5) is 22.0. The van der Waals surface area contributed by atoms with Gasteiger partial charge in [-0.3, -0.25) is 4.79 Å². The molecule has 0 saturated heterocycles. The molecule has 20 heavy (non-hydrogen) atoms. The average Bonchev–Trinajstić information content (AvgIpc) is 2.44. The van der Waals surface area contributed by atoms with E-state index in [0.29, 0.717) is 0 Å². The Morgan fingerprint density at radius 1 is 1.25 bits per heavy atom. The minimum absolute atomic E-state index is 0.00157. The van der Waals surface area contributed by atoms with Crippen molar-refractivity contribution in [3.8, 4) is 0 Å². The zero-order valence-electron chi connectivity index (χ0n) is 11.2. The fourth-order valence-electron chi connectivity index (χ4n) is 1.52. The number of benzene rings is 1. The number of sulfonamides is 1. The number of carbonyl (C=O) groups is 2. The molecule has 1 aromatic carbocycles. The molecule has 1 aromatic rings. The van der Waals surface area contributed by atoms with Crippen molar-refractivity contribution in [2.24, 2.45) is 0 Å². The summed E-state index contributed by atoms with van der Waals surface area (Å²) >= 11 is 0. The van der Waals surface area contributed by atoms with Gasteiger partial charge in [0.25, 0.3) is 0 Å². The number of nitrogens with one attached hydrogen (secondary N) is 1. The minimum Gasteiger partial charge on any atom is -0.478 e. The van der Waals surface area contributed by atoms with Gasteiger partial charge in [-0.15, -0.1) is 0 Å². The summed E-state index contributed by atoms with van der Waals surface area (Å²) in [6, 6.07) is 4.85. The molecule has 0 bridgehead atoms. The molecule has 0 aliphatic rings. The molecule has 8 heteroatoms. The Hall–Kier alpha value is -1.93. The van der Waals surface area contributed by atoms with Gasteiger partial charge < -0.3 is 10.4 Å². The topological polar surface area (TPSA) is 104 Å². The van der Waals surface area contributed by atoms with E-state index in [9.17, 15) is 18.0 Å². The van der Waals surface area contributed by atoms with Gasteiger partial charge in [-0.2, -0.15) is 4.31 Å². The third-order valence-corrected chi connectivity index (χ3v) is 4.63. The first kappa shape index (κ1) is 16.1. The normalized spacial score (nSPS) is 11.3. The van der Waals surface area contributed by atoms with Crippen LogP contribution < -0.4 is 5.32 Å². The lowest BCUT2D eigenvalue weighted by atomic mass is 10.2. The van der Waals surface area contributed by atoms with Crippen molar-refractivity contribution in [1.82, 2.24) is 9.62 Å². The number of aromatic carboxylic acids is 1. The summed E-state index contributed by atoms with van der Waals surface area (Å²) in [6.07, 6.45) is 0. The molecule has 0 atom stereocenters. The van der Waals surface area contributed by atoms with Crippen LogP contribution in [0.25, 0.3) is 0 Å². The number of carboxylic acids is 1. The second-order valence-corrected chi connectivity index (χ2v) is 5.87. The Kier molecular flexibility index (Phi) is 5.23. The molecular weight excluding hydrogens is 284 g/mol. The Morgan fingerprint density at radius 3 is 2.20 bits per heavy atom. The Labute approximate surface area is 117 Å². The molecule has 0 aromatic heterocycles. The molecule has 110 valence electrons. The molecule has 0 aliphatic heterocycles. The van der Waals surface area contributed by atoms with E-state index < -0.39 is 21.9 Å². The van der Waals surface area contributed by atoms with Crippen LogP contribution >= 0.6 is 0 Å². The SMILES string of the molecule is CCN(CC(=O)NC)S(=O)(=O)c1ccc(C(=O)O)cc1. The number of likely N-dealkylation sites (N-methyl/N-ethyl adjacent to an activating group) is 2. The standard InChI is InChI=1S/C12H16N2O5S/c1-3-14(8-11(15)13-2)20(18,19)10-6-4-9(5-7-10)12(16)17/h4-7H,3,8H2,1-2H3,(H,13,15)(H,16,17). The minimum atomic E-state index is -3.82. The molecule has 0 aliphatic carbocycles. The zero-order valence-corrected chi connectivity index (χ0v) is 12.0. The van der Waals surface area contributed by atoms with Crippen LogP contribution in [0.1, 0.15) is 17.3 Å². The molecule has 0 radical (unpaired) electrons. The van der Waals surface area contributed by atoms with Gasteiger partial charge in [-0.1, -0.05) is 6.92 Å². The summed E-state index contributed by atoms with van der Waals surface area (Å²) in [6.45, 7) is 1.47. The number of hydrogen-bond acceptors (Lipinski definition) is 4. The van der Waals surface area contributed by atoms with Crippen LogP contribution in [0.15, 0.2) is 29.2 Å². The van der Waals surface area contributed by atoms with Crippen molar-refractivity contribution in [1.29, 1.82) is 0 Å². The second kappa shape index (κ2) is 6.49. The van der Waals surface area contributed by atoms with Crippen molar-refractivity contribution < 1.29 is 23.1 Å². The monoisotopic (exact) mass is 300 g/mol. The molecule has 2 N–H and O–H groups in total. The van der Waals surface area contributed by atoms with E-state index in [1.165, 1.54) is 31.3 Å². The van der Waals surface area contributed by atoms with Gasteiger partial charge in [0.05, 0.1) is 17.0 Å². The van der Waals surface area contributed by atoms with Crippen LogP contribution in [0.2, 0.25) is 0 Å². The predicted octanol–water partition coefficient (Wildman–Crippen LogP) is 0.141. The summed E-state index contributed by atoms with van der Waals surface area (Å²) in [5.41, 5.74) is -0.00157. The van der Waals surface area contributed by atoms with Crippen molar-refractivity contribution >= 4 is 21.9 Å². The first-order valence-electron chi connectivity index (χ1n) is 5.87. The van der Waals surface area contributed by atoms with Gasteiger partial charge >= 0.3 is 5.97 Å². The highest BCUT2D eigenvalue weighted by atomic mass is 32.2. The first-order chi connectivity index (χ1) is 9.32. The van der Waals surface area contributed by atoms with Gasteiger partial charge in [0, 0.05) is 13.6 Å². The van der Waals surface area contributed by atoms with E-state index in [1.807, 2.05) is 0 Å². The molecule has 0 fully saturated rings. The number of nitrogens with zero attached hydrogens (tertiary/aromatic N) is 1. The molecule has 0 heterocycles. The number of carboxylic acid groups (broad SMARTS) is 1. The molecule has 0 saturated carbocycles. The average molecular weight is 300 g/mol. The van der Waals surface area contributed by atoms with Gasteiger partial charge in [-0.25, -0.2) is 13.2 Å². The maximum atomic E-state index is 12.3. The Balaban J connectivity index is 3.07. The van der Waals surface area contributed by atoms with Crippen molar-refractivity contribution in [2.75, 3.05) is 20.1 Å². The highest BCUT2D eigenvalue weighted by Gasteiger charge is 2.25. The summed E-state index contributed by atoms with van der Waals surface area (Å²) in [7, 11) is -2.40. The van der Waals surface area contributed by atoms with Crippen LogP contribution in [0.3, 0.4) is 0 Å². The lowest BCUT2D eigenvalue weighted by molar-refractivity contribution is -0.120. The lowest BCUT2D eigenvalue weighted by Crippen LogP contribution is -2.39. The highest BCUT2D eigenvalue weighted by Crippen LogP contribution is 2.16. The Bertz CT molecular complexity index is 595. The summed E-state index contributed by atoms with van der Waals surface area (Å²) in [5, 5.41) is 11.1. The Morgan fingerprint density at radius 2 is 1.80 bits per heavy atom. The number of carbonyl (C=O) groups excluding carboxylic acids is 1. The molecule has 1 amide bonds. The molecule has 0 unspecified atom stereocenters. The van der Waals surface area contributed by atoms with Gasteiger partial charge in [0.2, 0.25) is 15.9 Å². The number of rotatable bonds is 6. The fraction of sp³-hybridized carbons (Fsp3) is 0.333. The van der Waals surface area contributed by atoms with E-state index in [0.717, 1.165) is 4.31 Å². The van der Waals surface area contributed by atoms with Crippen LogP contribution in [0.5, 0.6) is 0 Å². The van der Waals surface area contributed by atoms with Crippen LogP contribution in [-0.4, -0.2) is 49.8 Å². The predicted molar refractivity (Wildman–Crippen MR) is 71.9 cm³/mol. The van der Waals surface area contributed by atoms with E-state index in [4.69, 9.17) is 5.11 Å². The van der Waals surface area contributed by atoms with Crippen LogP contribution in [0, 0.1) is 0 Å². The smallest absolute Gasteiger partial charge is 0.335 e. The maximum Gasteiger partial charge on any atom is 0.335 e. The largest absolute Gasteiger partial charge is 0.478 e. The molecule has 7 nitrogen and oxygen atoms in total. The second-order valence-electron chi connectivity index (χ2n) is 3.93. The highest BCUT2D eigenvalue weighted by molar-refractivity contribution is 7.89. The van der Waals surface area contributed by atoms with E-state index in [1.54, 1.807) is 6.92 Å². The van der Waals surface area contributed by atoms with E-state index >= 15 is 0 Å². The maximum absolute atomic E-state index is 12.3. The quantitative estimate of drug-likeness (QED) is 0.778.